The molecule has 0 saturated heterocycles. The van der Waals surface area contributed by atoms with Crippen LogP contribution in [0, 0.1) is 0 Å². The lowest BCUT2D eigenvalue weighted by atomic mass is 10.2. The molecule has 1 heterocycles. The molecule has 0 radical (unpaired) electrons. The van der Waals surface area contributed by atoms with Crippen LogP contribution in [0.4, 0.5) is 0 Å². The molecule has 0 saturated carbocycles. The molecule has 1 amide bonds. The standard InChI is InChI=1S/C11H14Cl2N2OS/c1-3-8(6-17-2)14-11(16)7-4-9(12)15-10(13)5-7/h4-5,8H,3,6H2,1-2H3,(H,14,16). The first kappa shape index (κ1) is 14.6. The van der Waals surface area contributed by atoms with Crippen LogP contribution in [0.3, 0.4) is 0 Å². The van der Waals surface area contributed by atoms with Gasteiger partial charge >= 0.3 is 0 Å². The van der Waals surface area contributed by atoms with Gasteiger partial charge in [-0.2, -0.15) is 11.8 Å². The van der Waals surface area contributed by atoms with E-state index >= 15 is 0 Å². The van der Waals surface area contributed by atoms with Crippen molar-refractivity contribution in [2.45, 2.75) is 19.4 Å². The van der Waals surface area contributed by atoms with Gasteiger partial charge in [-0.05, 0) is 24.8 Å². The molecular formula is C11H14Cl2N2OS. The van der Waals surface area contributed by atoms with Gasteiger partial charge in [0.25, 0.3) is 5.91 Å². The summed E-state index contributed by atoms with van der Waals surface area (Å²) in [6.45, 7) is 2.04. The van der Waals surface area contributed by atoms with Crippen LogP contribution in [0.2, 0.25) is 10.3 Å². The van der Waals surface area contributed by atoms with E-state index in [1.807, 2.05) is 13.2 Å². The molecule has 6 heteroatoms. The van der Waals surface area contributed by atoms with Gasteiger partial charge < -0.3 is 5.32 Å². The Morgan fingerprint density at radius 1 is 1.47 bits per heavy atom. The number of hydrogen-bond acceptors (Lipinski definition) is 3. The molecule has 1 aromatic rings. The largest absolute Gasteiger partial charge is 0.348 e. The van der Waals surface area contributed by atoms with Crippen LogP contribution < -0.4 is 5.32 Å². The van der Waals surface area contributed by atoms with E-state index in [4.69, 9.17) is 23.2 Å². The Morgan fingerprint density at radius 3 is 2.53 bits per heavy atom. The fraction of sp³-hybridized carbons (Fsp3) is 0.455. The Kier molecular flexibility index (Phi) is 6.09. The Morgan fingerprint density at radius 2 is 2.06 bits per heavy atom. The van der Waals surface area contributed by atoms with Crippen molar-refractivity contribution in [3.63, 3.8) is 0 Å². The summed E-state index contributed by atoms with van der Waals surface area (Å²) in [5.41, 5.74) is 0.439. The highest BCUT2D eigenvalue weighted by Gasteiger charge is 2.13. The summed E-state index contributed by atoms with van der Waals surface area (Å²) in [6, 6.07) is 3.17. The number of nitrogens with one attached hydrogen (secondary N) is 1. The fourth-order valence-corrected chi connectivity index (χ4v) is 2.51. The monoisotopic (exact) mass is 292 g/mol. The third-order valence-electron chi connectivity index (χ3n) is 2.22. The van der Waals surface area contributed by atoms with Crippen molar-refractivity contribution in [3.05, 3.63) is 28.0 Å². The van der Waals surface area contributed by atoms with Crippen LogP contribution in [0.1, 0.15) is 23.7 Å². The third-order valence-corrected chi connectivity index (χ3v) is 3.34. The Labute approximate surface area is 115 Å². The van der Waals surface area contributed by atoms with Gasteiger partial charge in [0.15, 0.2) is 0 Å². The molecule has 17 heavy (non-hydrogen) atoms. The van der Waals surface area contributed by atoms with E-state index in [2.05, 4.69) is 10.3 Å². The van der Waals surface area contributed by atoms with Crippen molar-refractivity contribution >= 4 is 40.9 Å². The lowest BCUT2D eigenvalue weighted by Gasteiger charge is -2.15. The number of nitrogens with zero attached hydrogens (tertiary/aromatic N) is 1. The topological polar surface area (TPSA) is 42.0 Å². The zero-order chi connectivity index (χ0) is 12.8. The molecule has 0 bridgehead atoms. The molecule has 0 aromatic carbocycles. The van der Waals surface area contributed by atoms with E-state index in [0.717, 1.165) is 12.2 Å². The number of rotatable bonds is 5. The molecule has 1 unspecified atom stereocenters. The van der Waals surface area contributed by atoms with Gasteiger partial charge in [-0.15, -0.1) is 0 Å². The van der Waals surface area contributed by atoms with Crippen molar-refractivity contribution in [2.75, 3.05) is 12.0 Å². The first-order valence-electron chi connectivity index (χ1n) is 5.19. The number of amides is 1. The van der Waals surface area contributed by atoms with E-state index in [0.29, 0.717) is 5.56 Å². The highest BCUT2D eigenvalue weighted by Crippen LogP contribution is 2.15. The van der Waals surface area contributed by atoms with E-state index in [1.54, 1.807) is 11.8 Å². The Bertz CT molecular complexity index is 381. The van der Waals surface area contributed by atoms with Crippen molar-refractivity contribution in [1.29, 1.82) is 0 Å². The maximum atomic E-state index is 11.9. The number of hydrogen-bond donors (Lipinski definition) is 1. The summed E-state index contributed by atoms with van der Waals surface area (Å²) in [4.78, 5) is 15.7. The third kappa shape index (κ3) is 4.74. The van der Waals surface area contributed by atoms with Gasteiger partial charge in [0.2, 0.25) is 0 Å². The molecule has 1 N–H and O–H groups in total. The van der Waals surface area contributed by atoms with Gasteiger partial charge in [0, 0.05) is 17.4 Å². The minimum absolute atomic E-state index is 0.156. The normalized spacial score (nSPS) is 12.2. The van der Waals surface area contributed by atoms with E-state index in [1.165, 1.54) is 12.1 Å². The maximum Gasteiger partial charge on any atom is 0.251 e. The minimum Gasteiger partial charge on any atom is -0.348 e. The molecule has 0 spiro atoms. The summed E-state index contributed by atoms with van der Waals surface area (Å²) in [7, 11) is 0. The zero-order valence-electron chi connectivity index (χ0n) is 9.67. The average molecular weight is 293 g/mol. The van der Waals surface area contributed by atoms with Crippen LogP contribution in [0.25, 0.3) is 0 Å². The van der Waals surface area contributed by atoms with Crippen LogP contribution in [0.5, 0.6) is 0 Å². The van der Waals surface area contributed by atoms with E-state index in [-0.39, 0.29) is 22.3 Å². The van der Waals surface area contributed by atoms with Gasteiger partial charge in [-0.25, -0.2) is 4.98 Å². The second-order valence-corrected chi connectivity index (χ2v) is 5.22. The molecule has 94 valence electrons. The van der Waals surface area contributed by atoms with Crippen molar-refractivity contribution in [2.24, 2.45) is 0 Å². The van der Waals surface area contributed by atoms with Crippen LogP contribution >= 0.6 is 35.0 Å². The molecule has 1 aromatic heterocycles. The molecule has 3 nitrogen and oxygen atoms in total. The predicted octanol–water partition coefficient (Wildman–Crippen LogP) is 3.26. The Balaban J connectivity index is 2.75. The van der Waals surface area contributed by atoms with Crippen molar-refractivity contribution in [3.8, 4) is 0 Å². The van der Waals surface area contributed by atoms with Crippen LogP contribution in [0.15, 0.2) is 12.1 Å². The highest BCUT2D eigenvalue weighted by atomic mass is 35.5. The minimum atomic E-state index is -0.169. The van der Waals surface area contributed by atoms with Gasteiger partial charge in [-0.1, -0.05) is 30.1 Å². The number of carbonyl (C=O) groups excluding carboxylic acids is 1. The van der Waals surface area contributed by atoms with Gasteiger partial charge in [0.05, 0.1) is 0 Å². The first-order chi connectivity index (χ1) is 8.06. The summed E-state index contributed by atoms with van der Waals surface area (Å²) in [5.74, 6) is 0.714. The summed E-state index contributed by atoms with van der Waals surface area (Å²) < 4.78 is 0. The van der Waals surface area contributed by atoms with Crippen molar-refractivity contribution in [1.82, 2.24) is 10.3 Å². The predicted molar refractivity (Wildman–Crippen MR) is 74.2 cm³/mol. The van der Waals surface area contributed by atoms with Crippen molar-refractivity contribution < 1.29 is 4.79 Å². The molecule has 1 atom stereocenters. The molecule has 0 aliphatic rings. The fourth-order valence-electron chi connectivity index (χ4n) is 1.33. The van der Waals surface area contributed by atoms with Gasteiger partial charge in [-0.3, -0.25) is 4.79 Å². The zero-order valence-corrected chi connectivity index (χ0v) is 12.0. The van der Waals surface area contributed by atoms with Gasteiger partial charge in [0.1, 0.15) is 10.3 Å². The van der Waals surface area contributed by atoms with E-state index in [9.17, 15) is 4.79 Å². The lowest BCUT2D eigenvalue weighted by molar-refractivity contribution is 0.0940. The molecule has 1 rings (SSSR count). The molecule has 0 aliphatic carbocycles. The summed E-state index contributed by atoms with van der Waals surface area (Å²) in [5, 5.41) is 3.38. The summed E-state index contributed by atoms with van der Waals surface area (Å²) >= 11 is 13.2. The van der Waals surface area contributed by atoms with Crippen LogP contribution in [-0.2, 0) is 0 Å². The Hall–Kier alpha value is -0.450. The summed E-state index contributed by atoms with van der Waals surface area (Å²) in [6.07, 6.45) is 2.90. The number of thioether (sulfide) groups is 1. The number of carbonyl (C=O) groups is 1. The van der Waals surface area contributed by atoms with Crippen LogP contribution in [-0.4, -0.2) is 28.9 Å². The molecule has 0 aliphatic heterocycles. The number of pyridine rings is 1. The SMILES string of the molecule is CCC(CSC)NC(=O)c1cc(Cl)nc(Cl)c1. The molecular weight excluding hydrogens is 279 g/mol. The maximum absolute atomic E-state index is 11.9. The quantitative estimate of drug-likeness (QED) is 0.847. The lowest BCUT2D eigenvalue weighted by Crippen LogP contribution is -2.36. The first-order valence-corrected chi connectivity index (χ1v) is 7.34. The smallest absolute Gasteiger partial charge is 0.251 e. The highest BCUT2D eigenvalue weighted by molar-refractivity contribution is 7.98. The average Bonchev–Trinajstić information content (AvgIpc) is 2.27. The second kappa shape index (κ2) is 7.09. The molecule has 0 fully saturated rings. The number of aromatic nitrogens is 1. The number of halogens is 2. The van der Waals surface area contributed by atoms with E-state index < -0.39 is 0 Å². The second-order valence-electron chi connectivity index (χ2n) is 3.54.